The Morgan fingerprint density at radius 3 is 1.61 bits per heavy atom. The Kier molecular flexibility index (Phi) is 2.79. The van der Waals surface area contributed by atoms with Gasteiger partial charge >= 0.3 is 0 Å². The van der Waals surface area contributed by atoms with Crippen molar-refractivity contribution < 1.29 is 26.3 Å². The van der Waals surface area contributed by atoms with Gasteiger partial charge in [0.1, 0.15) is 7.85 Å². The zero-order valence-electron chi connectivity index (χ0n) is 8.85. The molecule has 0 heterocycles. The van der Waals surface area contributed by atoms with Crippen LogP contribution in [-0.2, 0) is 0 Å². The first-order chi connectivity index (χ1) is 8.29. The molecule has 0 aliphatic rings. The molecule has 0 amide bonds. The van der Waals surface area contributed by atoms with Crippen molar-refractivity contribution in [1.82, 2.24) is 0 Å². The van der Waals surface area contributed by atoms with Crippen LogP contribution in [-0.4, -0.2) is 7.85 Å². The van der Waals surface area contributed by atoms with E-state index in [2.05, 4.69) is 0 Å². The fraction of sp³-hybridized carbons (Fsp3) is 0.0909. The van der Waals surface area contributed by atoms with Gasteiger partial charge in [0.25, 0.3) is 0 Å². The summed E-state index contributed by atoms with van der Waals surface area (Å²) in [5, 5.41) is -1.93. The van der Waals surface area contributed by atoms with Crippen LogP contribution in [0.25, 0.3) is 10.8 Å². The van der Waals surface area contributed by atoms with Gasteiger partial charge < -0.3 is 0 Å². The maximum Gasteiger partial charge on any atom is 0.195 e. The molecule has 0 unspecified atom stereocenters. The van der Waals surface area contributed by atoms with Gasteiger partial charge in [0.2, 0.25) is 0 Å². The summed E-state index contributed by atoms with van der Waals surface area (Å²) >= 11 is 0. The summed E-state index contributed by atoms with van der Waals surface area (Å²) in [6, 6.07) is 0. The van der Waals surface area contributed by atoms with Crippen LogP contribution >= 0.6 is 0 Å². The van der Waals surface area contributed by atoms with Crippen molar-refractivity contribution in [3.63, 3.8) is 0 Å². The van der Waals surface area contributed by atoms with Gasteiger partial charge in [0, 0.05) is 10.8 Å². The lowest BCUT2D eigenvalue weighted by molar-refractivity contribution is 0.441. The molecule has 18 heavy (non-hydrogen) atoms. The molecular weight excluding hydrogens is 257 g/mol. The number of aryl methyl sites for hydroxylation is 1. The van der Waals surface area contributed by atoms with Crippen molar-refractivity contribution in [2.24, 2.45) is 0 Å². The molecule has 0 N–H and O–H groups in total. The van der Waals surface area contributed by atoms with Crippen molar-refractivity contribution in [3.8, 4) is 0 Å². The van der Waals surface area contributed by atoms with E-state index in [-0.39, 0.29) is 0 Å². The number of rotatable bonds is 0. The van der Waals surface area contributed by atoms with Crippen molar-refractivity contribution in [2.45, 2.75) is 6.92 Å². The van der Waals surface area contributed by atoms with Gasteiger partial charge in [-0.25, -0.2) is 26.3 Å². The zero-order valence-corrected chi connectivity index (χ0v) is 8.85. The molecule has 2 aromatic carbocycles. The summed E-state index contributed by atoms with van der Waals surface area (Å²) in [4.78, 5) is 0. The smallest absolute Gasteiger partial charge is 0.195 e. The van der Waals surface area contributed by atoms with Gasteiger partial charge in [0.05, 0.1) is 0 Å². The van der Waals surface area contributed by atoms with E-state index in [0.29, 0.717) is 0 Å². The van der Waals surface area contributed by atoms with Crippen molar-refractivity contribution in [3.05, 3.63) is 40.5 Å². The third kappa shape index (κ3) is 1.42. The lowest BCUT2D eigenvalue weighted by Gasteiger charge is -2.12. The highest BCUT2D eigenvalue weighted by Crippen LogP contribution is 2.30. The molecule has 0 nitrogen and oxygen atoms in total. The highest BCUT2D eigenvalue weighted by molar-refractivity contribution is 6.39. The Hall–Kier alpha value is -1.66. The van der Waals surface area contributed by atoms with Crippen LogP contribution in [0.3, 0.4) is 0 Å². The minimum Gasteiger partial charge on any atom is -0.204 e. The fourth-order valence-electron chi connectivity index (χ4n) is 1.74. The van der Waals surface area contributed by atoms with E-state index in [1.54, 1.807) is 0 Å². The van der Waals surface area contributed by atoms with E-state index >= 15 is 0 Å². The zero-order chi connectivity index (χ0) is 13.8. The topological polar surface area (TPSA) is 0 Å². The van der Waals surface area contributed by atoms with Gasteiger partial charge in [-0.3, -0.25) is 0 Å². The average Bonchev–Trinajstić information content (AvgIpc) is 2.35. The molecule has 0 aliphatic carbocycles. The van der Waals surface area contributed by atoms with Gasteiger partial charge in [0.15, 0.2) is 34.9 Å². The van der Waals surface area contributed by atoms with E-state index in [4.69, 9.17) is 7.85 Å². The molecule has 92 valence electrons. The summed E-state index contributed by atoms with van der Waals surface area (Å²) in [6.07, 6.45) is 0. The SMILES string of the molecule is [B]c1c(F)c(F)c(F)c2c(C)c(F)c(F)c(F)c12. The Morgan fingerprint density at radius 1 is 0.611 bits per heavy atom. The number of hydrogen-bond acceptors (Lipinski definition) is 0. The molecule has 2 radical (unpaired) electrons. The van der Waals surface area contributed by atoms with Crippen LogP contribution in [0.1, 0.15) is 5.56 Å². The van der Waals surface area contributed by atoms with Crippen LogP contribution in [0.4, 0.5) is 26.3 Å². The summed E-state index contributed by atoms with van der Waals surface area (Å²) in [7, 11) is 5.07. The summed E-state index contributed by atoms with van der Waals surface area (Å²) in [5.41, 5.74) is -1.80. The van der Waals surface area contributed by atoms with E-state index < -0.39 is 56.7 Å². The molecule has 0 saturated heterocycles. The molecule has 0 spiro atoms. The van der Waals surface area contributed by atoms with Gasteiger partial charge in [-0.15, -0.1) is 0 Å². The molecule has 0 aromatic heterocycles. The Balaban J connectivity index is 3.22. The van der Waals surface area contributed by atoms with Crippen molar-refractivity contribution in [1.29, 1.82) is 0 Å². The van der Waals surface area contributed by atoms with E-state index in [0.717, 1.165) is 6.92 Å². The van der Waals surface area contributed by atoms with Crippen LogP contribution in [0.5, 0.6) is 0 Å². The molecule has 0 saturated carbocycles. The largest absolute Gasteiger partial charge is 0.204 e. The number of benzene rings is 2. The third-order valence-electron chi connectivity index (χ3n) is 2.67. The molecular formula is C11H3BF6. The monoisotopic (exact) mass is 260 g/mol. The molecule has 0 fully saturated rings. The predicted molar refractivity (Wildman–Crippen MR) is 53.8 cm³/mol. The lowest BCUT2D eigenvalue weighted by atomic mass is 9.87. The second-order valence-corrected chi connectivity index (χ2v) is 3.67. The maximum atomic E-state index is 13.5. The summed E-state index contributed by atoms with van der Waals surface area (Å²) < 4.78 is 79.5. The van der Waals surface area contributed by atoms with E-state index in [1.807, 2.05) is 0 Å². The third-order valence-corrected chi connectivity index (χ3v) is 2.67. The molecule has 2 aromatic rings. The van der Waals surface area contributed by atoms with Crippen molar-refractivity contribution in [2.75, 3.05) is 0 Å². The number of hydrogen-bond donors (Lipinski definition) is 0. The van der Waals surface area contributed by atoms with E-state index in [9.17, 15) is 26.3 Å². The molecule has 2 rings (SSSR count). The van der Waals surface area contributed by atoms with Gasteiger partial charge in [-0.05, 0) is 17.9 Å². The van der Waals surface area contributed by atoms with Crippen LogP contribution < -0.4 is 5.46 Å². The first kappa shape index (κ1) is 12.8. The minimum absolute atomic E-state index is 0.688. The number of halogens is 6. The first-order valence-corrected chi connectivity index (χ1v) is 4.67. The summed E-state index contributed by atoms with van der Waals surface area (Å²) in [6.45, 7) is 0.903. The lowest BCUT2D eigenvalue weighted by Crippen LogP contribution is -2.18. The quantitative estimate of drug-likeness (QED) is 0.388. The van der Waals surface area contributed by atoms with Crippen LogP contribution in [0, 0.1) is 41.8 Å². The molecule has 0 atom stereocenters. The van der Waals surface area contributed by atoms with Gasteiger partial charge in [-0.2, -0.15) is 0 Å². The standard InChI is InChI=1S/C11H3BF6/c1-2-3-4(8(15)10(17)6(2)13)5(12)9(16)11(18)7(3)14/h1H3. The first-order valence-electron chi connectivity index (χ1n) is 4.67. The predicted octanol–water partition coefficient (Wildman–Crippen LogP) is 2.78. The second-order valence-electron chi connectivity index (χ2n) is 3.67. The maximum absolute atomic E-state index is 13.5. The fourth-order valence-corrected chi connectivity index (χ4v) is 1.74. The summed E-state index contributed by atoms with van der Waals surface area (Å²) in [5.74, 6) is -11.1. The molecule has 0 aliphatic heterocycles. The highest BCUT2D eigenvalue weighted by Gasteiger charge is 2.26. The number of fused-ring (bicyclic) bond motifs is 1. The minimum atomic E-state index is -1.96. The normalized spacial score (nSPS) is 11.3. The second kappa shape index (κ2) is 3.93. The Morgan fingerprint density at radius 2 is 1.06 bits per heavy atom. The van der Waals surface area contributed by atoms with Gasteiger partial charge in [-0.1, -0.05) is 0 Å². The van der Waals surface area contributed by atoms with Crippen LogP contribution in [0.2, 0.25) is 0 Å². The van der Waals surface area contributed by atoms with Crippen molar-refractivity contribution >= 4 is 24.1 Å². The average molecular weight is 260 g/mol. The van der Waals surface area contributed by atoms with Crippen LogP contribution in [0.15, 0.2) is 0 Å². The molecule has 0 bridgehead atoms. The molecule has 7 heteroatoms. The Bertz CT molecular complexity index is 567. The van der Waals surface area contributed by atoms with E-state index in [1.165, 1.54) is 0 Å². The highest BCUT2D eigenvalue weighted by atomic mass is 19.2. The Labute approximate surface area is 98.6 Å².